The molecule has 36 heavy (non-hydrogen) atoms. The number of unbranched alkanes of at least 4 members (excludes halogenated alkanes) is 1. The lowest BCUT2D eigenvalue weighted by molar-refractivity contribution is -0.145. The third kappa shape index (κ3) is 6.17. The number of rotatable bonds is 9. The van der Waals surface area contributed by atoms with Gasteiger partial charge in [-0.15, -0.1) is 0 Å². The first kappa shape index (κ1) is 26.2. The minimum atomic E-state index is -0.906. The summed E-state index contributed by atoms with van der Waals surface area (Å²) in [5.74, 6) is 4.59. The van der Waals surface area contributed by atoms with Crippen molar-refractivity contribution in [1.29, 1.82) is 0 Å². The van der Waals surface area contributed by atoms with Gasteiger partial charge in [0.2, 0.25) is 5.91 Å². The van der Waals surface area contributed by atoms with Gasteiger partial charge in [-0.3, -0.25) is 19.6 Å². The molecule has 1 atom stereocenters. The monoisotopic (exact) mass is 489 g/mol. The number of esters is 1. The molecule has 186 valence electrons. The molecule has 9 nitrogen and oxygen atoms in total. The standard InChI is InChI=1S/C27H27N3O6/c1-30(26(33)22-10-7-6-9-19(22)17-31)24(27(34)36-2)15-20-16-28-23-14-18(12-13-21(20)23)8-4-3-5-11-25(32)29-35/h6-7,9-10,12-14,16-17,24,28,35H,3,5,11,15H2,1-2H3,(H,29,32). The van der Waals surface area contributed by atoms with Crippen LogP contribution in [-0.2, 0) is 20.7 Å². The van der Waals surface area contributed by atoms with Crippen LogP contribution in [0, 0.1) is 11.8 Å². The number of amides is 2. The number of carbonyl (C=O) groups is 4. The predicted molar refractivity (Wildman–Crippen MR) is 132 cm³/mol. The molecule has 3 rings (SSSR count). The largest absolute Gasteiger partial charge is 0.467 e. The van der Waals surface area contributed by atoms with Crippen molar-refractivity contribution in [2.75, 3.05) is 14.2 Å². The summed E-state index contributed by atoms with van der Waals surface area (Å²) in [7, 11) is 2.78. The van der Waals surface area contributed by atoms with Crippen molar-refractivity contribution in [1.82, 2.24) is 15.4 Å². The van der Waals surface area contributed by atoms with Crippen molar-refractivity contribution < 1.29 is 29.1 Å². The number of benzene rings is 2. The molecule has 0 aliphatic rings. The second kappa shape index (κ2) is 12.3. The van der Waals surface area contributed by atoms with Crippen molar-refractivity contribution >= 4 is 35.0 Å². The lowest BCUT2D eigenvalue weighted by atomic mass is 10.0. The normalized spacial score (nSPS) is 11.2. The van der Waals surface area contributed by atoms with Crippen molar-refractivity contribution in [2.24, 2.45) is 0 Å². The minimum Gasteiger partial charge on any atom is -0.467 e. The molecule has 0 bridgehead atoms. The average molecular weight is 490 g/mol. The highest BCUT2D eigenvalue weighted by molar-refractivity contribution is 6.02. The van der Waals surface area contributed by atoms with Gasteiger partial charge in [0.25, 0.3) is 5.91 Å². The van der Waals surface area contributed by atoms with Crippen LogP contribution in [0.3, 0.4) is 0 Å². The number of likely N-dealkylation sites (N-methyl/N-ethyl adjacent to an activating group) is 1. The van der Waals surface area contributed by atoms with Gasteiger partial charge in [0.15, 0.2) is 6.29 Å². The first-order valence-corrected chi connectivity index (χ1v) is 11.3. The summed E-state index contributed by atoms with van der Waals surface area (Å²) in [6, 6.07) is 11.1. The topological polar surface area (TPSA) is 129 Å². The Hall–Kier alpha value is -4.42. The van der Waals surface area contributed by atoms with Crippen LogP contribution in [0.4, 0.5) is 0 Å². The quantitative estimate of drug-likeness (QED) is 0.106. The molecule has 3 N–H and O–H groups in total. The Labute approximate surface area is 208 Å². The van der Waals surface area contributed by atoms with Crippen LogP contribution in [0.5, 0.6) is 0 Å². The molecule has 3 aromatic rings. The molecule has 9 heteroatoms. The number of aromatic nitrogens is 1. The third-order valence-electron chi connectivity index (χ3n) is 5.82. The highest BCUT2D eigenvalue weighted by atomic mass is 16.5. The van der Waals surface area contributed by atoms with Gasteiger partial charge < -0.3 is 14.6 Å². The zero-order valence-corrected chi connectivity index (χ0v) is 20.0. The van der Waals surface area contributed by atoms with Crippen LogP contribution >= 0.6 is 0 Å². The van der Waals surface area contributed by atoms with Crippen LogP contribution in [-0.4, -0.2) is 59.4 Å². The summed E-state index contributed by atoms with van der Waals surface area (Å²) < 4.78 is 4.97. The number of H-pyrrole nitrogens is 1. The van der Waals surface area contributed by atoms with E-state index < -0.39 is 23.8 Å². The smallest absolute Gasteiger partial charge is 0.328 e. The van der Waals surface area contributed by atoms with Gasteiger partial charge in [0.05, 0.1) is 12.7 Å². The maximum atomic E-state index is 13.1. The molecular weight excluding hydrogens is 462 g/mol. The molecule has 1 heterocycles. The van der Waals surface area contributed by atoms with E-state index in [0.717, 1.165) is 22.0 Å². The highest BCUT2D eigenvalue weighted by Gasteiger charge is 2.30. The Kier molecular flexibility index (Phi) is 8.97. The van der Waals surface area contributed by atoms with E-state index in [4.69, 9.17) is 9.94 Å². The molecule has 0 spiro atoms. The van der Waals surface area contributed by atoms with E-state index in [1.165, 1.54) is 19.1 Å². The Morgan fingerprint density at radius 1 is 1.22 bits per heavy atom. The number of methoxy groups -OCH3 is 1. The Bertz CT molecular complexity index is 1330. The van der Waals surface area contributed by atoms with Crippen LogP contribution in [0.1, 0.15) is 51.1 Å². The summed E-state index contributed by atoms with van der Waals surface area (Å²) in [6.45, 7) is 0. The molecule has 0 aliphatic carbocycles. The van der Waals surface area contributed by atoms with E-state index in [0.29, 0.717) is 19.1 Å². The lowest BCUT2D eigenvalue weighted by Crippen LogP contribution is -2.44. The van der Waals surface area contributed by atoms with Crippen molar-refractivity contribution in [3.8, 4) is 11.8 Å². The number of aromatic amines is 1. The maximum Gasteiger partial charge on any atom is 0.328 e. The van der Waals surface area contributed by atoms with Crippen LogP contribution in [0.15, 0.2) is 48.7 Å². The van der Waals surface area contributed by atoms with E-state index >= 15 is 0 Å². The molecule has 2 aromatic carbocycles. The fraction of sp³-hybridized carbons (Fsp3) is 0.259. The average Bonchev–Trinajstić information content (AvgIpc) is 3.31. The van der Waals surface area contributed by atoms with Crippen molar-refractivity contribution in [3.63, 3.8) is 0 Å². The van der Waals surface area contributed by atoms with Gasteiger partial charge in [0.1, 0.15) is 6.04 Å². The Balaban J connectivity index is 1.78. The number of hydrogen-bond acceptors (Lipinski definition) is 6. The molecular formula is C27H27N3O6. The van der Waals surface area contributed by atoms with E-state index in [9.17, 15) is 19.2 Å². The van der Waals surface area contributed by atoms with Crippen molar-refractivity contribution in [2.45, 2.75) is 31.7 Å². The van der Waals surface area contributed by atoms with E-state index in [1.807, 2.05) is 18.2 Å². The number of fused-ring (bicyclic) bond motifs is 1. The number of hydrogen-bond donors (Lipinski definition) is 3. The molecule has 2 amide bonds. The van der Waals surface area contributed by atoms with Crippen molar-refractivity contribution in [3.05, 3.63) is 70.9 Å². The molecule has 0 saturated heterocycles. The molecule has 1 unspecified atom stereocenters. The Morgan fingerprint density at radius 2 is 2.00 bits per heavy atom. The fourth-order valence-electron chi connectivity index (χ4n) is 3.84. The summed E-state index contributed by atoms with van der Waals surface area (Å²) in [5, 5.41) is 9.38. The number of nitrogens with one attached hydrogen (secondary N) is 2. The zero-order chi connectivity index (χ0) is 26.1. The maximum absolute atomic E-state index is 13.1. The van der Waals surface area contributed by atoms with Gasteiger partial charge in [-0.1, -0.05) is 36.1 Å². The van der Waals surface area contributed by atoms with Crippen LogP contribution in [0.25, 0.3) is 10.9 Å². The third-order valence-corrected chi connectivity index (χ3v) is 5.82. The van der Waals surface area contributed by atoms with Gasteiger partial charge in [-0.05, 0) is 30.2 Å². The number of carbonyl (C=O) groups excluding carboxylic acids is 4. The first-order valence-electron chi connectivity index (χ1n) is 11.3. The van der Waals surface area contributed by atoms with Gasteiger partial charge in [-0.25, -0.2) is 10.3 Å². The molecule has 1 aromatic heterocycles. The first-order chi connectivity index (χ1) is 17.4. The number of hydroxylamine groups is 1. The SMILES string of the molecule is COC(=O)C(Cc1c[nH]c2cc(C#CCCCC(=O)NO)ccc12)N(C)C(=O)c1ccccc1C=O. The van der Waals surface area contributed by atoms with Gasteiger partial charge in [0, 0.05) is 54.5 Å². The molecule has 0 aliphatic heterocycles. The van der Waals surface area contributed by atoms with E-state index in [1.54, 1.807) is 35.9 Å². The van der Waals surface area contributed by atoms with Gasteiger partial charge in [-0.2, -0.15) is 0 Å². The second-order valence-electron chi connectivity index (χ2n) is 8.13. The second-order valence-corrected chi connectivity index (χ2v) is 8.13. The van der Waals surface area contributed by atoms with Crippen LogP contribution in [0.2, 0.25) is 0 Å². The molecule has 0 radical (unpaired) electrons. The highest BCUT2D eigenvalue weighted by Crippen LogP contribution is 2.23. The van der Waals surface area contributed by atoms with E-state index in [2.05, 4.69) is 16.8 Å². The number of aldehydes is 1. The summed E-state index contributed by atoms with van der Waals surface area (Å²) >= 11 is 0. The lowest BCUT2D eigenvalue weighted by Gasteiger charge is -2.26. The Morgan fingerprint density at radius 3 is 2.72 bits per heavy atom. The summed E-state index contributed by atoms with van der Waals surface area (Å²) in [5.41, 5.74) is 4.47. The summed E-state index contributed by atoms with van der Waals surface area (Å²) in [6.07, 6.45) is 3.84. The molecule has 0 saturated carbocycles. The molecule has 0 fully saturated rings. The van der Waals surface area contributed by atoms with E-state index in [-0.39, 0.29) is 24.0 Å². The minimum absolute atomic E-state index is 0.198. The number of nitrogens with zero attached hydrogens (tertiary/aromatic N) is 1. The fourth-order valence-corrected chi connectivity index (χ4v) is 3.84. The number of ether oxygens (including phenoxy) is 1. The van der Waals surface area contributed by atoms with Gasteiger partial charge >= 0.3 is 5.97 Å². The van der Waals surface area contributed by atoms with Crippen LogP contribution < -0.4 is 5.48 Å². The predicted octanol–water partition coefficient (Wildman–Crippen LogP) is 2.86. The zero-order valence-electron chi connectivity index (χ0n) is 20.0. The summed E-state index contributed by atoms with van der Waals surface area (Å²) in [4.78, 5) is 52.7.